The standard InChI is InChI=1S/C15H24N2O3S2/c1-9(2)12-7-17(8-13(12)16-22(5,19)20)15(18)14-6-10(3)11(4)21-14/h6,9,12-13,16H,7-8H2,1-5H3/t12-,13+/m0/s1. The maximum Gasteiger partial charge on any atom is 0.264 e. The molecule has 5 nitrogen and oxygen atoms in total. The molecule has 0 bridgehead atoms. The van der Waals surface area contributed by atoms with Crippen LogP contribution in [0.1, 0.15) is 34.0 Å². The van der Waals surface area contributed by atoms with E-state index in [4.69, 9.17) is 0 Å². The Morgan fingerprint density at radius 3 is 2.45 bits per heavy atom. The van der Waals surface area contributed by atoms with Gasteiger partial charge < -0.3 is 4.90 Å². The Labute approximate surface area is 136 Å². The number of sulfonamides is 1. The number of nitrogens with one attached hydrogen (secondary N) is 1. The number of hydrogen-bond donors (Lipinski definition) is 1. The number of aryl methyl sites for hydroxylation is 2. The lowest BCUT2D eigenvalue weighted by molar-refractivity contribution is 0.0787. The zero-order valence-electron chi connectivity index (χ0n) is 13.7. The molecule has 1 saturated heterocycles. The molecule has 1 aliphatic rings. The van der Waals surface area contributed by atoms with Gasteiger partial charge in [-0.05, 0) is 37.3 Å². The highest BCUT2D eigenvalue weighted by molar-refractivity contribution is 7.88. The van der Waals surface area contributed by atoms with E-state index in [1.807, 2.05) is 19.9 Å². The second kappa shape index (κ2) is 6.29. The van der Waals surface area contributed by atoms with Crippen LogP contribution >= 0.6 is 11.3 Å². The number of nitrogens with zero attached hydrogens (tertiary/aromatic N) is 1. The van der Waals surface area contributed by atoms with E-state index in [0.29, 0.717) is 19.0 Å². The Balaban J connectivity index is 2.18. The summed E-state index contributed by atoms with van der Waals surface area (Å²) in [5.41, 5.74) is 1.12. The van der Waals surface area contributed by atoms with Crippen LogP contribution in [0.25, 0.3) is 0 Å². The van der Waals surface area contributed by atoms with Gasteiger partial charge in [0, 0.05) is 24.0 Å². The molecule has 0 unspecified atom stereocenters. The minimum absolute atomic E-state index is 0.00431. The lowest BCUT2D eigenvalue weighted by Gasteiger charge is -2.21. The number of carbonyl (C=O) groups is 1. The molecule has 2 atom stereocenters. The van der Waals surface area contributed by atoms with E-state index in [1.165, 1.54) is 17.6 Å². The van der Waals surface area contributed by atoms with Crippen molar-refractivity contribution < 1.29 is 13.2 Å². The zero-order valence-corrected chi connectivity index (χ0v) is 15.3. The van der Waals surface area contributed by atoms with Crippen LogP contribution in [0, 0.1) is 25.7 Å². The maximum atomic E-state index is 12.7. The molecule has 0 saturated carbocycles. The molecule has 2 heterocycles. The molecule has 0 aromatic carbocycles. The van der Waals surface area contributed by atoms with Crippen molar-refractivity contribution in [1.29, 1.82) is 0 Å². The number of likely N-dealkylation sites (tertiary alicyclic amines) is 1. The Bertz CT molecular complexity index is 645. The van der Waals surface area contributed by atoms with Crippen LogP contribution in [0.2, 0.25) is 0 Å². The first kappa shape index (κ1) is 17.4. The average molecular weight is 345 g/mol. The highest BCUT2D eigenvalue weighted by Crippen LogP contribution is 2.28. The van der Waals surface area contributed by atoms with Gasteiger partial charge in [-0.25, -0.2) is 13.1 Å². The summed E-state index contributed by atoms with van der Waals surface area (Å²) in [6.07, 6.45) is 1.17. The number of hydrogen-bond acceptors (Lipinski definition) is 4. The van der Waals surface area contributed by atoms with Gasteiger partial charge in [0.25, 0.3) is 5.91 Å². The van der Waals surface area contributed by atoms with Crippen LogP contribution in [-0.2, 0) is 10.0 Å². The van der Waals surface area contributed by atoms with Crippen molar-refractivity contribution in [1.82, 2.24) is 9.62 Å². The van der Waals surface area contributed by atoms with Crippen molar-refractivity contribution >= 4 is 27.3 Å². The molecule has 1 amide bonds. The summed E-state index contributed by atoms with van der Waals surface area (Å²) in [6, 6.07) is 1.71. The van der Waals surface area contributed by atoms with E-state index in [-0.39, 0.29) is 17.9 Å². The molecule has 1 fully saturated rings. The quantitative estimate of drug-likeness (QED) is 0.908. The predicted octanol–water partition coefficient (Wildman–Crippen LogP) is 2.01. The summed E-state index contributed by atoms with van der Waals surface area (Å²) in [6.45, 7) is 9.16. The molecule has 1 aromatic heterocycles. The summed E-state index contributed by atoms with van der Waals surface area (Å²) in [5, 5.41) is 0. The smallest absolute Gasteiger partial charge is 0.264 e. The predicted molar refractivity (Wildman–Crippen MR) is 89.8 cm³/mol. The van der Waals surface area contributed by atoms with Crippen LogP contribution in [0.3, 0.4) is 0 Å². The van der Waals surface area contributed by atoms with Gasteiger partial charge in [-0.3, -0.25) is 4.79 Å². The third-order valence-electron chi connectivity index (χ3n) is 4.25. The molecular weight excluding hydrogens is 320 g/mol. The highest BCUT2D eigenvalue weighted by atomic mass is 32.2. The second-order valence-corrected chi connectivity index (χ2v) is 9.50. The van der Waals surface area contributed by atoms with Crippen LogP contribution in [0.5, 0.6) is 0 Å². The van der Waals surface area contributed by atoms with Gasteiger partial charge in [-0.15, -0.1) is 11.3 Å². The van der Waals surface area contributed by atoms with E-state index >= 15 is 0 Å². The Morgan fingerprint density at radius 2 is 2.00 bits per heavy atom. The first-order valence-electron chi connectivity index (χ1n) is 7.42. The molecule has 0 spiro atoms. The average Bonchev–Trinajstić information content (AvgIpc) is 2.91. The largest absolute Gasteiger partial charge is 0.336 e. The number of carbonyl (C=O) groups excluding carboxylic acids is 1. The van der Waals surface area contributed by atoms with Crippen LogP contribution < -0.4 is 4.72 Å². The number of rotatable bonds is 4. The maximum absolute atomic E-state index is 12.7. The van der Waals surface area contributed by atoms with Crippen molar-refractivity contribution in [3.8, 4) is 0 Å². The molecule has 1 aliphatic heterocycles. The molecule has 22 heavy (non-hydrogen) atoms. The van der Waals surface area contributed by atoms with Gasteiger partial charge in [0.15, 0.2) is 0 Å². The second-order valence-electron chi connectivity index (χ2n) is 6.46. The van der Waals surface area contributed by atoms with Crippen molar-refractivity contribution in [2.45, 2.75) is 33.7 Å². The molecule has 124 valence electrons. The topological polar surface area (TPSA) is 66.5 Å². The first-order chi connectivity index (χ1) is 10.1. The van der Waals surface area contributed by atoms with Crippen molar-refractivity contribution in [3.63, 3.8) is 0 Å². The lowest BCUT2D eigenvalue weighted by atomic mass is 9.92. The van der Waals surface area contributed by atoms with Gasteiger partial charge in [-0.2, -0.15) is 0 Å². The minimum Gasteiger partial charge on any atom is -0.336 e. The van der Waals surface area contributed by atoms with Crippen molar-refractivity contribution in [2.75, 3.05) is 19.3 Å². The molecular formula is C15H24N2O3S2. The Kier molecular flexibility index (Phi) is 4.99. The fraction of sp³-hybridized carbons (Fsp3) is 0.667. The van der Waals surface area contributed by atoms with Crippen LogP contribution in [0.15, 0.2) is 6.07 Å². The van der Waals surface area contributed by atoms with Gasteiger partial charge in [0.2, 0.25) is 10.0 Å². The summed E-state index contributed by atoms with van der Waals surface area (Å²) in [4.78, 5) is 16.3. The summed E-state index contributed by atoms with van der Waals surface area (Å²) in [5.74, 6) is 0.453. The van der Waals surface area contributed by atoms with E-state index in [1.54, 1.807) is 4.90 Å². The Morgan fingerprint density at radius 1 is 1.36 bits per heavy atom. The van der Waals surface area contributed by atoms with Crippen LogP contribution in [-0.4, -0.2) is 44.6 Å². The van der Waals surface area contributed by atoms with Gasteiger partial charge >= 0.3 is 0 Å². The molecule has 2 rings (SSSR count). The SMILES string of the molecule is Cc1cc(C(=O)N2C[C@@H](NS(C)(=O)=O)[C@H](C(C)C)C2)sc1C. The van der Waals surface area contributed by atoms with Crippen molar-refractivity contribution in [3.05, 3.63) is 21.4 Å². The van der Waals surface area contributed by atoms with E-state index in [2.05, 4.69) is 18.6 Å². The molecule has 7 heteroatoms. The molecule has 0 aliphatic carbocycles. The summed E-state index contributed by atoms with van der Waals surface area (Å²) >= 11 is 1.50. The molecule has 0 radical (unpaired) electrons. The fourth-order valence-corrected chi connectivity index (χ4v) is 4.71. The normalized spacial score (nSPS) is 22.5. The monoisotopic (exact) mass is 344 g/mol. The third kappa shape index (κ3) is 3.88. The number of amides is 1. The van der Waals surface area contributed by atoms with E-state index in [0.717, 1.165) is 15.3 Å². The summed E-state index contributed by atoms with van der Waals surface area (Å²) in [7, 11) is -3.28. The minimum atomic E-state index is -3.28. The van der Waals surface area contributed by atoms with Crippen molar-refractivity contribution in [2.24, 2.45) is 11.8 Å². The fourth-order valence-electron chi connectivity index (χ4n) is 2.90. The molecule has 1 aromatic rings. The lowest BCUT2D eigenvalue weighted by Crippen LogP contribution is -2.41. The highest BCUT2D eigenvalue weighted by Gasteiger charge is 2.38. The third-order valence-corrected chi connectivity index (χ3v) is 6.12. The molecule has 1 N–H and O–H groups in total. The number of thiophene rings is 1. The van der Waals surface area contributed by atoms with Gasteiger partial charge in [-0.1, -0.05) is 13.8 Å². The first-order valence-corrected chi connectivity index (χ1v) is 10.1. The van der Waals surface area contributed by atoms with E-state index in [9.17, 15) is 13.2 Å². The summed E-state index contributed by atoms with van der Waals surface area (Å²) < 4.78 is 25.8. The van der Waals surface area contributed by atoms with Crippen LogP contribution in [0.4, 0.5) is 0 Å². The van der Waals surface area contributed by atoms with Gasteiger partial charge in [0.1, 0.15) is 0 Å². The van der Waals surface area contributed by atoms with Gasteiger partial charge in [0.05, 0.1) is 11.1 Å². The van der Waals surface area contributed by atoms with E-state index < -0.39 is 10.0 Å². The Hall–Kier alpha value is -0.920. The zero-order chi connectivity index (χ0) is 16.7.